The van der Waals surface area contributed by atoms with Gasteiger partial charge < -0.3 is 10.1 Å². The van der Waals surface area contributed by atoms with Crippen molar-refractivity contribution in [2.24, 2.45) is 5.92 Å². The normalized spacial score (nSPS) is 13.8. The van der Waals surface area contributed by atoms with Gasteiger partial charge in [0.15, 0.2) is 6.61 Å². The molecule has 1 aliphatic rings. The molecule has 1 aliphatic heterocycles. The number of rotatable bonds is 7. The minimum Gasteiger partial charge on any atom is -0.454 e. The van der Waals surface area contributed by atoms with Crippen molar-refractivity contribution >= 4 is 131 Å². The van der Waals surface area contributed by atoms with Crippen molar-refractivity contribution < 1.29 is 23.9 Å². The number of imide groups is 1. The molecule has 1 heterocycles. The molecule has 0 fully saturated rings. The number of anilines is 1. The van der Waals surface area contributed by atoms with Crippen molar-refractivity contribution in [1.29, 1.82) is 0 Å². The Balaban J connectivity index is 1.83. The number of para-hydroxylation sites is 1. The summed E-state index contributed by atoms with van der Waals surface area (Å²) in [6.07, 6.45) is 0.206. The Morgan fingerprint density at radius 1 is 0.971 bits per heavy atom. The van der Waals surface area contributed by atoms with E-state index in [0.29, 0.717) is 29.0 Å². The third-order valence-electron chi connectivity index (χ3n) is 4.90. The summed E-state index contributed by atoms with van der Waals surface area (Å²) in [4.78, 5) is 53.1. The van der Waals surface area contributed by atoms with Crippen LogP contribution in [-0.2, 0) is 14.3 Å². The van der Waals surface area contributed by atoms with Crippen molar-refractivity contribution in [3.05, 3.63) is 54.7 Å². The first-order chi connectivity index (χ1) is 16.0. The summed E-state index contributed by atoms with van der Waals surface area (Å²) in [5.41, 5.74) is 0.994. The zero-order chi connectivity index (χ0) is 25.3. The summed E-state index contributed by atoms with van der Waals surface area (Å²) < 4.78 is 8.36. The Morgan fingerprint density at radius 2 is 1.50 bits per heavy atom. The highest BCUT2D eigenvalue weighted by Crippen LogP contribution is 2.38. The van der Waals surface area contributed by atoms with E-state index >= 15 is 0 Å². The summed E-state index contributed by atoms with van der Waals surface area (Å²) in [6.45, 7) is 3.18. The lowest BCUT2D eigenvalue weighted by Crippen LogP contribution is -2.47. The van der Waals surface area contributed by atoms with Crippen LogP contribution < -0.4 is 5.32 Å². The highest BCUT2D eigenvalue weighted by Gasteiger charge is 2.47. The first-order valence-electron chi connectivity index (χ1n) is 9.90. The maximum Gasteiger partial charge on any atom is 0.329 e. The predicted octanol–water partition coefficient (Wildman–Crippen LogP) is 5.95. The first-order valence-corrected chi connectivity index (χ1v) is 14.6. The molecule has 2 aromatic rings. The van der Waals surface area contributed by atoms with E-state index in [1.54, 1.807) is 24.3 Å². The summed E-state index contributed by atoms with van der Waals surface area (Å²) in [5, 5.41) is 2.92. The summed E-state index contributed by atoms with van der Waals surface area (Å²) >= 11 is 14.5. The quantitative estimate of drug-likeness (QED) is 0.122. The fourth-order valence-electron chi connectivity index (χ4n) is 3.38. The van der Waals surface area contributed by atoms with Gasteiger partial charge in [0.1, 0.15) is 6.04 Å². The van der Waals surface area contributed by atoms with Gasteiger partial charge in [0.05, 0.1) is 21.8 Å². The van der Waals surface area contributed by atoms with Gasteiger partial charge in [-0.25, -0.2) is 4.79 Å². The van der Waals surface area contributed by atoms with Crippen molar-refractivity contribution in [3.8, 4) is 0 Å². The second-order valence-corrected chi connectivity index (χ2v) is 12.5. The number of ether oxygens (including phenoxy) is 1. The second-order valence-electron chi connectivity index (χ2n) is 7.77. The smallest absolute Gasteiger partial charge is 0.329 e. The molecule has 0 bridgehead atoms. The number of hydrogen-bond acceptors (Lipinski definition) is 5. The summed E-state index contributed by atoms with van der Waals surface area (Å²) in [6, 6.07) is 5.52. The van der Waals surface area contributed by atoms with Crippen molar-refractivity contribution in [2.75, 3.05) is 11.9 Å². The molecule has 34 heavy (non-hydrogen) atoms. The number of esters is 1. The third-order valence-corrected chi connectivity index (χ3v) is 12.6. The minimum absolute atomic E-state index is 0.0165. The number of fused-ring (bicyclic) bond motifs is 1. The van der Waals surface area contributed by atoms with Gasteiger partial charge >= 0.3 is 5.97 Å². The van der Waals surface area contributed by atoms with Gasteiger partial charge in [-0.1, -0.05) is 37.6 Å². The van der Waals surface area contributed by atoms with E-state index in [-0.39, 0.29) is 12.3 Å². The number of carbonyl (C=O) groups is 4. The van der Waals surface area contributed by atoms with E-state index in [1.807, 2.05) is 13.8 Å². The largest absolute Gasteiger partial charge is 0.454 e. The molecule has 180 valence electrons. The fraction of sp³-hybridized carbons (Fsp3) is 0.273. The second kappa shape index (κ2) is 11.9. The number of amides is 3. The minimum atomic E-state index is -1.15. The molecule has 0 spiro atoms. The molecule has 3 rings (SSSR count). The lowest BCUT2D eigenvalue weighted by Gasteiger charge is -2.26. The number of nitrogens with zero attached hydrogens (tertiary/aromatic N) is 1. The van der Waals surface area contributed by atoms with Crippen molar-refractivity contribution in [2.45, 2.75) is 26.3 Å². The Hall–Kier alpha value is -0.270. The van der Waals surface area contributed by atoms with Gasteiger partial charge in [-0.3, -0.25) is 19.3 Å². The molecule has 1 atom stereocenters. The van der Waals surface area contributed by atoms with Crippen LogP contribution in [0.4, 0.5) is 5.69 Å². The van der Waals surface area contributed by atoms with E-state index in [4.69, 9.17) is 16.3 Å². The van der Waals surface area contributed by atoms with Gasteiger partial charge in [0.2, 0.25) is 0 Å². The van der Waals surface area contributed by atoms with Gasteiger partial charge in [-0.15, -0.1) is 0 Å². The molecule has 7 nitrogen and oxygen atoms in total. The maximum absolute atomic E-state index is 13.4. The summed E-state index contributed by atoms with van der Waals surface area (Å²) in [7, 11) is 0. The molecule has 1 N–H and O–H groups in total. The van der Waals surface area contributed by atoms with Gasteiger partial charge in [-0.2, -0.15) is 0 Å². The van der Waals surface area contributed by atoms with E-state index in [9.17, 15) is 19.2 Å². The molecule has 12 heteroatoms. The number of benzene rings is 2. The molecule has 0 unspecified atom stereocenters. The Labute approximate surface area is 256 Å². The van der Waals surface area contributed by atoms with Gasteiger partial charge in [-0.05, 0) is 115 Å². The predicted molar refractivity (Wildman–Crippen MR) is 162 cm³/mol. The monoisotopic (exact) mass is 932 g/mol. The summed E-state index contributed by atoms with van der Waals surface area (Å²) in [5.74, 6) is -2.47. The molecule has 0 saturated carbocycles. The number of carbonyl (C=O) groups excluding carboxylic acids is 4. The third kappa shape index (κ3) is 5.82. The molecule has 3 amide bonds. The van der Waals surface area contributed by atoms with E-state index in [2.05, 4.69) is 95.7 Å². The fourth-order valence-corrected chi connectivity index (χ4v) is 7.22. The zero-order valence-corrected chi connectivity index (χ0v) is 27.1. The maximum atomic E-state index is 13.4. The SMILES string of the molecule is CC(C)C[C@@H](C(=O)OCC(=O)Nc1ccccc1Cl)N1C(=O)c2c(I)c(I)c(I)c(I)c2C1=O. The first kappa shape index (κ1) is 28.3. The van der Waals surface area contributed by atoms with Crippen LogP contribution in [0.25, 0.3) is 0 Å². The Morgan fingerprint density at radius 3 is 2.00 bits per heavy atom. The molecular weight excluding hydrogens is 915 g/mol. The topological polar surface area (TPSA) is 92.8 Å². The zero-order valence-electron chi connectivity index (χ0n) is 17.8. The average Bonchev–Trinajstić information content (AvgIpc) is 3.04. The van der Waals surface area contributed by atoms with Gasteiger partial charge in [0.25, 0.3) is 17.7 Å². The van der Waals surface area contributed by atoms with Crippen LogP contribution in [-0.4, -0.2) is 41.2 Å². The number of nitrogens with one attached hydrogen (secondary N) is 1. The lowest BCUT2D eigenvalue weighted by atomic mass is 10.0. The Bertz CT molecular complexity index is 1160. The van der Waals surface area contributed by atoms with Crippen LogP contribution in [0.1, 0.15) is 41.0 Å². The van der Waals surface area contributed by atoms with Crippen LogP contribution in [0.15, 0.2) is 24.3 Å². The van der Waals surface area contributed by atoms with Crippen LogP contribution in [0, 0.1) is 20.2 Å². The van der Waals surface area contributed by atoms with Crippen molar-refractivity contribution in [3.63, 3.8) is 0 Å². The van der Waals surface area contributed by atoms with Crippen LogP contribution in [0.3, 0.4) is 0 Å². The average molecular weight is 932 g/mol. The standard InChI is InChI=1S/C22H17ClI4N2O5/c1-9(2)7-12(22(33)34-8-13(30)28-11-6-4-3-5-10(11)23)29-20(31)14-15(21(29)32)17(25)19(27)18(26)16(14)24/h3-6,9,12H,7-8H2,1-2H3,(H,28,30)/t12-/m0/s1. The molecule has 0 saturated heterocycles. The lowest BCUT2D eigenvalue weighted by molar-refractivity contribution is -0.151. The van der Waals surface area contributed by atoms with Crippen LogP contribution in [0.5, 0.6) is 0 Å². The molecule has 0 radical (unpaired) electrons. The van der Waals surface area contributed by atoms with E-state index < -0.39 is 36.3 Å². The van der Waals surface area contributed by atoms with E-state index in [0.717, 1.165) is 12.0 Å². The number of hydrogen-bond donors (Lipinski definition) is 1. The van der Waals surface area contributed by atoms with Crippen molar-refractivity contribution in [1.82, 2.24) is 4.90 Å². The van der Waals surface area contributed by atoms with E-state index in [1.165, 1.54) is 0 Å². The van der Waals surface area contributed by atoms with Gasteiger partial charge in [0, 0.05) is 14.3 Å². The van der Waals surface area contributed by atoms with Crippen LogP contribution >= 0.6 is 102 Å². The molecule has 0 aliphatic carbocycles. The molecular formula is C22H17ClI4N2O5. The molecule has 0 aromatic heterocycles. The Kier molecular flexibility index (Phi) is 9.87. The molecule has 2 aromatic carbocycles. The van der Waals surface area contributed by atoms with Crippen LogP contribution in [0.2, 0.25) is 5.02 Å². The highest BCUT2D eigenvalue weighted by atomic mass is 127. The number of halogens is 5. The highest BCUT2D eigenvalue weighted by molar-refractivity contribution is 14.1.